The van der Waals surface area contributed by atoms with Gasteiger partial charge < -0.3 is 36.1 Å². The smallest absolute Gasteiger partial charge is 0.251 e. The number of aromatic nitrogens is 2. The van der Waals surface area contributed by atoms with E-state index >= 15 is 0 Å². The van der Waals surface area contributed by atoms with Crippen LogP contribution in [-0.4, -0.2) is 61.3 Å². The molecule has 0 spiro atoms. The van der Waals surface area contributed by atoms with Gasteiger partial charge in [-0.2, -0.15) is 9.97 Å². The van der Waals surface area contributed by atoms with Crippen molar-refractivity contribution in [1.29, 1.82) is 0 Å². The van der Waals surface area contributed by atoms with Crippen LogP contribution in [0.3, 0.4) is 0 Å². The van der Waals surface area contributed by atoms with Gasteiger partial charge in [0.15, 0.2) is 0 Å². The van der Waals surface area contributed by atoms with Crippen molar-refractivity contribution in [3.63, 3.8) is 0 Å². The molecular weight excluding hydrogens is 630 g/mol. The standard InChI is InChI=1S/C39H43N7O4/c1-2-34-35(40-22-24-49-26-27-50-25-23-41-37(47)30-14-8-4-9-15-30)45-39(46-36(34)43-32-16-10-5-11-17-32)44-33-20-18-31(19-21-33)38(48)42-28-29-12-6-3-7-13-29/h3-21H,2,22-28H2,1H3,(H,41,47)(H,42,48)(H3,40,43,44,45,46). The van der Waals surface area contributed by atoms with E-state index in [0.29, 0.717) is 81.2 Å². The summed E-state index contributed by atoms with van der Waals surface area (Å²) >= 11 is 0. The fourth-order valence-electron chi connectivity index (χ4n) is 4.99. The first-order chi connectivity index (χ1) is 24.6. The molecule has 5 N–H and O–H groups in total. The molecule has 5 aromatic rings. The number of ether oxygens (including phenoxy) is 2. The van der Waals surface area contributed by atoms with Crippen molar-refractivity contribution < 1.29 is 19.1 Å². The summed E-state index contributed by atoms with van der Waals surface area (Å²) in [6, 6.07) is 36.0. The molecule has 0 aliphatic rings. The van der Waals surface area contributed by atoms with Gasteiger partial charge in [0.05, 0.1) is 26.4 Å². The highest BCUT2D eigenvalue weighted by molar-refractivity contribution is 5.94. The number of anilines is 5. The number of carbonyl (C=O) groups excluding carboxylic acids is 2. The normalized spacial score (nSPS) is 10.7. The van der Waals surface area contributed by atoms with E-state index in [1.54, 1.807) is 24.3 Å². The van der Waals surface area contributed by atoms with Crippen molar-refractivity contribution in [2.45, 2.75) is 19.9 Å². The van der Waals surface area contributed by atoms with Crippen LogP contribution in [0, 0.1) is 0 Å². The lowest BCUT2D eigenvalue weighted by molar-refractivity contribution is 0.0519. The Morgan fingerprint density at radius 3 is 1.82 bits per heavy atom. The van der Waals surface area contributed by atoms with E-state index in [1.807, 2.05) is 91.0 Å². The molecule has 0 aliphatic carbocycles. The lowest BCUT2D eigenvalue weighted by Crippen LogP contribution is -2.27. The molecule has 50 heavy (non-hydrogen) atoms. The SMILES string of the molecule is CCc1c(NCCOCCOCCNC(=O)c2ccccc2)nc(Nc2ccc(C(=O)NCc3ccccc3)cc2)nc1Nc1ccccc1. The van der Waals surface area contributed by atoms with Gasteiger partial charge in [0, 0.05) is 47.7 Å². The van der Waals surface area contributed by atoms with E-state index in [2.05, 4.69) is 33.5 Å². The molecule has 1 aromatic heterocycles. The number of amides is 2. The quantitative estimate of drug-likeness (QED) is 0.0637. The molecule has 0 unspecified atom stereocenters. The third-order valence-corrected chi connectivity index (χ3v) is 7.58. The summed E-state index contributed by atoms with van der Waals surface area (Å²) in [4.78, 5) is 34.4. The molecule has 0 saturated carbocycles. The topological polar surface area (TPSA) is 139 Å². The van der Waals surface area contributed by atoms with Crippen LogP contribution in [0.5, 0.6) is 0 Å². The second-order valence-corrected chi connectivity index (χ2v) is 11.2. The van der Waals surface area contributed by atoms with Crippen LogP contribution < -0.4 is 26.6 Å². The highest BCUT2D eigenvalue weighted by atomic mass is 16.5. The Labute approximate surface area is 292 Å². The summed E-state index contributed by atoms with van der Waals surface area (Å²) in [5.41, 5.74) is 4.81. The highest BCUT2D eigenvalue weighted by Gasteiger charge is 2.15. The van der Waals surface area contributed by atoms with Gasteiger partial charge in [-0.25, -0.2) is 0 Å². The number of hydrogen-bond donors (Lipinski definition) is 5. The van der Waals surface area contributed by atoms with Gasteiger partial charge in [0.25, 0.3) is 11.8 Å². The number of nitrogens with one attached hydrogen (secondary N) is 5. The summed E-state index contributed by atoms with van der Waals surface area (Å²) < 4.78 is 11.4. The Hall–Kier alpha value is -5.78. The highest BCUT2D eigenvalue weighted by Crippen LogP contribution is 2.28. The zero-order valence-electron chi connectivity index (χ0n) is 28.2. The summed E-state index contributed by atoms with van der Waals surface area (Å²) in [6.45, 7) is 5.15. The van der Waals surface area contributed by atoms with E-state index in [-0.39, 0.29) is 11.8 Å². The predicted molar refractivity (Wildman–Crippen MR) is 197 cm³/mol. The van der Waals surface area contributed by atoms with Crippen molar-refractivity contribution in [3.8, 4) is 0 Å². The number of hydrogen-bond acceptors (Lipinski definition) is 9. The van der Waals surface area contributed by atoms with Gasteiger partial charge in [0.2, 0.25) is 5.95 Å². The van der Waals surface area contributed by atoms with Crippen LogP contribution in [-0.2, 0) is 22.4 Å². The van der Waals surface area contributed by atoms with Gasteiger partial charge in [-0.05, 0) is 60.5 Å². The van der Waals surface area contributed by atoms with E-state index in [4.69, 9.17) is 19.4 Å². The minimum Gasteiger partial charge on any atom is -0.377 e. The first-order valence-electron chi connectivity index (χ1n) is 16.7. The van der Waals surface area contributed by atoms with E-state index in [9.17, 15) is 9.59 Å². The van der Waals surface area contributed by atoms with Crippen LogP contribution in [0.15, 0.2) is 115 Å². The molecular formula is C39H43N7O4. The average Bonchev–Trinajstić information content (AvgIpc) is 3.16. The summed E-state index contributed by atoms with van der Waals surface area (Å²) in [5.74, 6) is 1.51. The largest absolute Gasteiger partial charge is 0.377 e. The zero-order chi connectivity index (χ0) is 34.8. The van der Waals surface area contributed by atoms with E-state index < -0.39 is 0 Å². The van der Waals surface area contributed by atoms with Gasteiger partial charge in [-0.3, -0.25) is 9.59 Å². The number of rotatable bonds is 19. The van der Waals surface area contributed by atoms with Crippen molar-refractivity contribution in [3.05, 3.63) is 138 Å². The molecule has 4 aromatic carbocycles. The molecule has 11 nitrogen and oxygen atoms in total. The zero-order valence-corrected chi connectivity index (χ0v) is 28.2. The molecule has 0 bridgehead atoms. The molecule has 1 heterocycles. The molecule has 5 rings (SSSR count). The lowest BCUT2D eigenvalue weighted by Gasteiger charge is -2.17. The van der Waals surface area contributed by atoms with Crippen molar-refractivity contribution in [1.82, 2.24) is 20.6 Å². The molecule has 0 aliphatic heterocycles. The number of para-hydroxylation sites is 1. The lowest BCUT2D eigenvalue weighted by atomic mass is 10.1. The van der Waals surface area contributed by atoms with Crippen molar-refractivity contribution in [2.75, 3.05) is 55.5 Å². The molecule has 0 radical (unpaired) electrons. The number of nitrogens with zero attached hydrogens (tertiary/aromatic N) is 2. The Morgan fingerprint density at radius 1 is 0.580 bits per heavy atom. The molecule has 258 valence electrons. The van der Waals surface area contributed by atoms with Crippen LogP contribution in [0.25, 0.3) is 0 Å². The maximum absolute atomic E-state index is 12.7. The molecule has 0 saturated heterocycles. The molecule has 11 heteroatoms. The Bertz CT molecular complexity index is 1770. The monoisotopic (exact) mass is 673 g/mol. The molecule has 2 amide bonds. The van der Waals surface area contributed by atoms with Crippen LogP contribution in [0.4, 0.5) is 29.0 Å². The molecule has 0 fully saturated rings. The number of carbonyl (C=O) groups is 2. The first kappa shape index (κ1) is 35.5. The van der Waals surface area contributed by atoms with Gasteiger partial charge >= 0.3 is 0 Å². The Morgan fingerprint density at radius 2 is 1.14 bits per heavy atom. The number of benzene rings is 4. The van der Waals surface area contributed by atoms with Crippen molar-refractivity contribution in [2.24, 2.45) is 0 Å². The summed E-state index contributed by atoms with van der Waals surface area (Å²) in [5, 5.41) is 15.9. The minimum atomic E-state index is -0.147. The van der Waals surface area contributed by atoms with E-state index in [0.717, 1.165) is 22.5 Å². The van der Waals surface area contributed by atoms with E-state index in [1.165, 1.54) is 0 Å². The average molecular weight is 674 g/mol. The fraction of sp³-hybridized carbons (Fsp3) is 0.231. The second-order valence-electron chi connectivity index (χ2n) is 11.2. The van der Waals surface area contributed by atoms with Crippen molar-refractivity contribution >= 4 is 40.8 Å². The third-order valence-electron chi connectivity index (χ3n) is 7.58. The van der Waals surface area contributed by atoms with Gasteiger partial charge in [-0.1, -0.05) is 73.7 Å². The Balaban J connectivity index is 1.13. The van der Waals surface area contributed by atoms with Gasteiger partial charge in [-0.15, -0.1) is 0 Å². The minimum absolute atomic E-state index is 0.120. The second kappa shape index (κ2) is 19.3. The fourth-order valence-corrected chi connectivity index (χ4v) is 4.99. The van der Waals surface area contributed by atoms with Crippen LogP contribution in [0.2, 0.25) is 0 Å². The summed E-state index contributed by atoms with van der Waals surface area (Å²) in [6.07, 6.45) is 0.695. The maximum Gasteiger partial charge on any atom is 0.251 e. The van der Waals surface area contributed by atoms with Crippen LogP contribution >= 0.6 is 0 Å². The Kier molecular flexibility index (Phi) is 13.7. The summed E-state index contributed by atoms with van der Waals surface area (Å²) in [7, 11) is 0. The predicted octanol–water partition coefficient (Wildman–Crippen LogP) is 6.33. The molecule has 0 atom stereocenters. The maximum atomic E-state index is 12.7. The first-order valence-corrected chi connectivity index (χ1v) is 16.7. The van der Waals surface area contributed by atoms with Gasteiger partial charge in [0.1, 0.15) is 11.6 Å². The van der Waals surface area contributed by atoms with Crippen LogP contribution in [0.1, 0.15) is 38.8 Å². The third kappa shape index (κ3) is 11.1.